The second kappa shape index (κ2) is 6.44. The number of aryl methyl sites for hydroxylation is 2. The number of nitro groups is 1. The van der Waals surface area contributed by atoms with E-state index in [4.69, 9.17) is 0 Å². The van der Waals surface area contributed by atoms with E-state index in [1.807, 2.05) is 6.20 Å². The van der Waals surface area contributed by atoms with Gasteiger partial charge in [-0.15, -0.1) is 11.3 Å². The van der Waals surface area contributed by atoms with Crippen LogP contribution in [0.3, 0.4) is 0 Å². The molecular formula is C12H16N6O2S. The van der Waals surface area contributed by atoms with Gasteiger partial charge in [0.2, 0.25) is 11.8 Å². The van der Waals surface area contributed by atoms with Crippen molar-refractivity contribution in [2.75, 3.05) is 17.7 Å². The van der Waals surface area contributed by atoms with E-state index in [-0.39, 0.29) is 11.5 Å². The highest BCUT2D eigenvalue weighted by Gasteiger charge is 2.21. The molecule has 0 radical (unpaired) electrons. The van der Waals surface area contributed by atoms with E-state index in [1.165, 1.54) is 4.88 Å². The summed E-state index contributed by atoms with van der Waals surface area (Å²) in [5.41, 5.74) is 0.205. The Bertz CT molecular complexity index is 657. The van der Waals surface area contributed by atoms with Crippen LogP contribution in [-0.2, 0) is 13.0 Å². The Morgan fingerprint density at radius 3 is 2.76 bits per heavy atom. The van der Waals surface area contributed by atoms with Crippen molar-refractivity contribution in [3.05, 3.63) is 31.9 Å². The summed E-state index contributed by atoms with van der Waals surface area (Å²) < 4.78 is 0. The summed E-state index contributed by atoms with van der Waals surface area (Å²) in [6.45, 7) is 4.04. The number of thiazole rings is 1. The Balaban J connectivity index is 2.25. The van der Waals surface area contributed by atoms with Gasteiger partial charge in [0.05, 0.1) is 11.5 Å². The Labute approximate surface area is 125 Å². The first-order chi connectivity index (χ1) is 10.0. The predicted molar refractivity (Wildman–Crippen MR) is 81.8 cm³/mol. The van der Waals surface area contributed by atoms with Gasteiger partial charge in [0, 0.05) is 18.1 Å². The van der Waals surface area contributed by atoms with Gasteiger partial charge in [0.25, 0.3) is 0 Å². The van der Waals surface area contributed by atoms with Crippen molar-refractivity contribution in [3.63, 3.8) is 0 Å². The van der Waals surface area contributed by atoms with Crippen molar-refractivity contribution in [2.45, 2.75) is 26.8 Å². The third kappa shape index (κ3) is 3.43. The molecule has 2 aromatic rings. The average molecular weight is 308 g/mol. The van der Waals surface area contributed by atoms with Crippen LogP contribution in [0.5, 0.6) is 0 Å². The van der Waals surface area contributed by atoms with Gasteiger partial charge in [-0.05, 0) is 13.3 Å². The van der Waals surface area contributed by atoms with Crippen LogP contribution in [0.25, 0.3) is 0 Å². The number of nitrogens with one attached hydrogen (secondary N) is 2. The molecule has 0 aromatic carbocycles. The fourth-order valence-corrected chi connectivity index (χ4v) is 2.58. The first-order valence-corrected chi connectivity index (χ1v) is 7.25. The van der Waals surface area contributed by atoms with Gasteiger partial charge in [0.15, 0.2) is 0 Å². The summed E-state index contributed by atoms with van der Waals surface area (Å²) in [6, 6.07) is 0. The Hall–Kier alpha value is -2.29. The van der Waals surface area contributed by atoms with Crippen LogP contribution in [0, 0.1) is 17.0 Å². The zero-order valence-electron chi connectivity index (χ0n) is 12.0. The van der Waals surface area contributed by atoms with E-state index in [0.29, 0.717) is 18.2 Å². The van der Waals surface area contributed by atoms with Gasteiger partial charge in [-0.2, -0.15) is 4.98 Å². The average Bonchev–Trinajstić information content (AvgIpc) is 2.91. The second-order valence-electron chi connectivity index (χ2n) is 4.26. The highest BCUT2D eigenvalue weighted by Crippen LogP contribution is 2.27. The molecule has 0 aliphatic heterocycles. The third-order valence-electron chi connectivity index (χ3n) is 2.82. The lowest BCUT2D eigenvalue weighted by Crippen LogP contribution is -2.09. The molecule has 2 rings (SSSR count). The number of hydrogen-bond donors (Lipinski definition) is 2. The van der Waals surface area contributed by atoms with E-state index >= 15 is 0 Å². The van der Waals surface area contributed by atoms with Gasteiger partial charge < -0.3 is 10.6 Å². The lowest BCUT2D eigenvalue weighted by molar-refractivity contribution is -0.385. The number of aromatic nitrogens is 3. The van der Waals surface area contributed by atoms with Crippen molar-refractivity contribution in [3.8, 4) is 0 Å². The van der Waals surface area contributed by atoms with Crippen LogP contribution in [0.15, 0.2) is 6.20 Å². The third-order valence-corrected chi connectivity index (χ3v) is 3.96. The van der Waals surface area contributed by atoms with Crippen LogP contribution < -0.4 is 10.6 Å². The first kappa shape index (κ1) is 15.1. The fourth-order valence-electron chi connectivity index (χ4n) is 1.77. The smallest absolute Gasteiger partial charge is 0.332 e. The number of anilines is 2. The van der Waals surface area contributed by atoms with Crippen LogP contribution in [0.4, 0.5) is 17.5 Å². The van der Waals surface area contributed by atoms with Crippen molar-refractivity contribution in [2.24, 2.45) is 0 Å². The minimum absolute atomic E-state index is 0.110. The maximum atomic E-state index is 11.2. The van der Waals surface area contributed by atoms with Crippen LogP contribution in [0.2, 0.25) is 0 Å². The lowest BCUT2D eigenvalue weighted by Gasteiger charge is -2.08. The van der Waals surface area contributed by atoms with Gasteiger partial charge in [-0.3, -0.25) is 10.1 Å². The lowest BCUT2D eigenvalue weighted by atomic mass is 10.3. The molecule has 21 heavy (non-hydrogen) atoms. The molecule has 0 spiro atoms. The normalized spacial score (nSPS) is 10.4. The molecule has 0 saturated carbocycles. The molecule has 0 atom stereocenters. The van der Waals surface area contributed by atoms with E-state index in [9.17, 15) is 10.1 Å². The van der Waals surface area contributed by atoms with Crippen LogP contribution >= 0.6 is 11.3 Å². The highest BCUT2D eigenvalue weighted by molar-refractivity contribution is 7.11. The minimum Gasteiger partial charge on any atom is -0.358 e. The maximum Gasteiger partial charge on any atom is 0.332 e. The monoisotopic (exact) mass is 308 g/mol. The SMILES string of the molecule is CCc1cnc(CNc2nc(NC)nc(C)c2[N+](=O)[O-])s1. The van der Waals surface area contributed by atoms with Gasteiger partial charge in [-0.1, -0.05) is 6.92 Å². The molecule has 112 valence electrons. The molecule has 0 amide bonds. The van der Waals surface area contributed by atoms with E-state index in [1.54, 1.807) is 25.3 Å². The molecule has 0 saturated heterocycles. The van der Waals surface area contributed by atoms with Crippen molar-refractivity contribution >= 4 is 28.8 Å². The molecule has 0 unspecified atom stereocenters. The first-order valence-electron chi connectivity index (χ1n) is 6.43. The largest absolute Gasteiger partial charge is 0.358 e. The quantitative estimate of drug-likeness (QED) is 0.623. The summed E-state index contributed by atoms with van der Waals surface area (Å²) >= 11 is 1.58. The number of hydrogen-bond acceptors (Lipinski definition) is 8. The summed E-state index contributed by atoms with van der Waals surface area (Å²) in [7, 11) is 1.67. The Morgan fingerprint density at radius 1 is 1.43 bits per heavy atom. The van der Waals surface area contributed by atoms with E-state index in [2.05, 4.69) is 32.5 Å². The summed E-state index contributed by atoms with van der Waals surface area (Å²) in [6.07, 6.45) is 2.74. The molecule has 2 N–H and O–H groups in total. The topological polar surface area (TPSA) is 106 Å². The minimum atomic E-state index is -0.476. The second-order valence-corrected chi connectivity index (χ2v) is 5.46. The Kier molecular flexibility index (Phi) is 4.63. The molecule has 2 aromatic heterocycles. The zero-order valence-corrected chi connectivity index (χ0v) is 12.8. The highest BCUT2D eigenvalue weighted by atomic mass is 32.1. The molecule has 8 nitrogen and oxygen atoms in total. The standard InChI is InChI=1S/C12H16N6O2S/c1-4-8-5-14-9(21-8)6-15-11-10(18(19)20)7(2)16-12(13-3)17-11/h5H,4,6H2,1-3H3,(H2,13,15,16,17). The molecule has 0 aliphatic rings. The van der Waals surface area contributed by atoms with Crippen LogP contribution in [-0.4, -0.2) is 26.9 Å². The molecule has 9 heteroatoms. The molecular weight excluding hydrogens is 292 g/mol. The van der Waals surface area contributed by atoms with Crippen LogP contribution in [0.1, 0.15) is 22.5 Å². The van der Waals surface area contributed by atoms with Crippen molar-refractivity contribution in [1.29, 1.82) is 0 Å². The molecule has 0 fully saturated rings. The fraction of sp³-hybridized carbons (Fsp3) is 0.417. The van der Waals surface area contributed by atoms with Crippen molar-refractivity contribution in [1.82, 2.24) is 15.0 Å². The van der Waals surface area contributed by atoms with E-state index in [0.717, 1.165) is 11.4 Å². The Morgan fingerprint density at radius 2 is 2.19 bits per heavy atom. The maximum absolute atomic E-state index is 11.2. The number of rotatable bonds is 6. The number of nitrogens with zero attached hydrogens (tertiary/aromatic N) is 4. The van der Waals surface area contributed by atoms with Gasteiger partial charge >= 0.3 is 5.69 Å². The zero-order chi connectivity index (χ0) is 15.4. The summed E-state index contributed by atoms with van der Waals surface area (Å²) in [5, 5.41) is 17.8. The summed E-state index contributed by atoms with van der Waals surface area (Å²) in [5.74, 6) is 0.541. The van der Waals surface area contributed by atoms with Gasteiger partial charge in [0.1, 0.15) is 10.7 Å². The van der Waals surface area contributed by atoms with E-state index < -0.39 is 4.92 Å². The van der Waals surface area contributed by atoms with Crippen molar-refractivity contribution < 1.29 is 4.92 Å². The van der Waals surface area contributed by atoms with Gasteiger partial charge in [-0.25, -0.2) is 9.97 Å². The molecule has 0 aliphatic carbocycles. The predicted octanol–water partition coefficient (Wildman–Crippen LogP) is 2.37. The summed E-state index contributed by atoms with van der Waals surface area (Å²) in [4.78, 5) is 24.3. The molecule has 2 heterocycles. The molecule has 0 bridgehead atoms.